The van der Waals surface area contributed by atoms with Crippen molar-refractivity contribution < 1.29 is 35.0 Å². The second kappa shape index (κ2) is 10.5. The fraction of sp³-hybridized carbons (Fsp3) is 0.240. The van der Waals surface area contributed by atoms with E-state index in [4.69, 9.17) is 4.18 Å². The Bertz CT molecular complexity index is 1310. The maximum atomic E-state index is 13.6. The molecule has 0 aliphatic carbocycles. The summed E-state index contributed by atoms with van der Waals surface area (Å²) in [6.07, 6.45) is -4.10. The van der Waals surface area contributed by atoms with E-state index in [1.807, 2.05) is 13.8 Å². The third kappa shape index (κ3) is 6.60. The molecule has 0 aromatic heterocycles. The van der Waals surface area contributed by atoms with E-state index < -0.39 is 38.5 Å². The van der Waals surface area contributed by atoms with Crippen LogP contribution in [0.1, 0.15) is 41.8 Å². The second-order valence-electron chi connectivity index (χ2n) is 7.91. The normalized spacial score (nSPS) is 12.7. The molecule has 3 rings (SSSR count). The number of carbonyl (C=O) groups is 1. The number of benzene rings is 3. The molecule has 0 aliphatic rings. The van der Waals surface area contributed by atoms with Gasteiger partial charge in [-0.05, 0) is 67.4 Å². The fourth-order valence-corrected chi connectivity index (χ4v) is 4.30. The summed E-state index contributed by atoms with van der Waals surface area (Å²) in [4.78, 5) is 13.9. The first kappa shape index (κ1) is 26.2. The van der Waals surface area contributed by atoms with E-state index in [0.717, 1.165) is 24.3 Å². The van der Waals surface area contributed by atoms with Crippen molar-refractivity contribution in [2.24, 2.45) is 0 Å². The maximum Gasteiger partial charge on any atom is 0.416 e. The van der Waals surface area contributed by atoms with Crippen LogP contribution in [-0.2, 0) is 22.8 Å². The van der Waals surface area contributed by atoms with E-state index >= 15 is 0 Å². The van der Waals surface area contributed by atoms with Gasteiger partial charge in [0.2, 0.25) is 0 Å². The molecule has 0 saturated heterocycles. The van der Waals surface area contributed by atoms with Crippen LogP contribution in [0, 0.1) is 5.82 Å². The molecule has 1 unspecified atom stereocenters. The monoisotopic (exact) mass is 509 g/mol. The predicted molar refractivity (Wildman–Crippen MR) is 122 cm³/mol. The van der Waals surface area contributed by atoms with Crippen LogP contribution in [0.3, 0.4) is 0 Å². The molecule has 0 aliphatic heterocycles. The molecule has 10 heteroatoms. The largest absolute Gasteiger partial charge is 0.416 e. The molecule has 3 aromatic rings. The van der Waals surface area contributed by atoms with Gasteiger partial charge in [-0.3, -0.25) is 4.79 Å². The lowest BCUT2D eigenvalue weighted by Gasteiger charge is -2.29. The Labute approximate surface area is 201 Å². The summed E-state index contributed by atoms with van der Waals surface area (Å²) < 4.78 is 82.8. The van der Waals surface area contributed by atoms with E-state index in [1.54, 1.807) is 6.07 Å². The van der Waals surface area contributed by atoms with Crippen LogP contribution in [0.2, 0.25) is 0 Å². The number of hydrogen-bond acceptors (Lipinski definition) is 4. The second-order valence-corrected chi connectivity index (χ2v) is 9.46. The van der Waals surface area contributed by atoms with Crippen LogP contribution in [-0.4, -0.2) is 25.3 Å². The quantitative estimate of drug-likeness (QED) is 0.274. The van der Waals surface area contributed by atoms with E-state index in [2.05, 4.69) is 0 Å². The van der Waals surface area contributed by atoms with Gasteiger partial charge in [-0.1, -0.05) is 31.2 Å². The highest BCUT2D eigenvalue weighted by Crippen LogP contribution is 2.31. The number of hydrogen-bond donors (Lipinski definition) is 0. The van der Waals surface area contributed by atoms with Gasteiger partial charge in [-0.25, -0.2) is 4.39 Å². The van der Waals surface area contributed by atoms with Crippen LogP contribution in [0.5, 0.6) is 5.75 Å². The summed E-state index contributed by atoms with van der Waals surface area (Å²) >= 11 is 0. The molecule has 0 spiro atoms. The zero-order chi connectivity index (χ0) is 25.8. The number of amides is 1. The first-order chi connectivity index (χ1) is 16.4. The minimum Gasteiger partial charge on any atom is -0.379 e. The lowest BCUT2D eigenvalue weighted by molar-refractivity contribution is -0.137. The molecule has 0 bridgehead atoms. The molecule has 186 valence electrons. The van der Waals surface area contributed by atoms with Gasteiger partial charge in [0.05, 0.1) is 5.56 Å². The van der Waals surface area contributed by atoms with Gasteiger partial charge in [0.25, 0.3) is 5.91 Å². The van der Waals surface area contributed by atoms with Crippen molar-refractivity contribution in [3.63, 3.8) is 0 Å². The molecule has 3 aromatic carbocycles. The lowest BCUT2D eigenvalue weighted by atomic mass is 10.1. The minimum absolute atomic E-state index is 0.0746. The van der Waals surface area contributed by atoms with E-state index in [-0.39, 0.29) is 23.9 Å². The number of rotatable bonds is 8. The van der Waals surface area contributed by atoms with Gasteiger partial charge in [-0.15, -0.1) is 0 Å². The van der Waals surface area contributed by atoms with E-state index in [0.29, 0.717) is 18.1 Å². The molecule has 5 nitrogen and oxygen atoms in total. The van der Waals surface area contributed by atoms with Crippen LogP contribution < -0.4 is 4.18 Å². The Kier molecular flexibility index (Phi) is 7.84. The molecular formula is C25H23F4NO4S. The fourth-order valence-electron chi connectivity index (χ4n) is 3.33. The molecule has 0 saturated carbocycles. The lowest BCUT2D eigenvalue weighted by Crippen LogP contribution is -2.37. The molecule has 1 atom stereocenters. The smallest absolute Gasteiger partial charge is 0.379 e. The standard InChI is InChI=1S/C25H23F4NO4S/c1-3-17(2)30(24(31)19-8-5-10-21(26)14-19)16-18-7-4-11-22(13-18)34-35(32,33)23-12-6-9-20(15-23)25(27,28)29/h4-15,17H,3,16H2,1-2H3. The topological polar surface area (TPSA) is 63.7 Å². The van der Waals surface area contributed by atoms with Crippen molar-refractivity contribution in [3.8, 4) is 5.75 Å². The molecule has 0 N–H and O–H groups in total. The van der Waals surface area contributed by atoms with Gasteiger partial charge in [0.1, 0.15) is 16.5 Å². The predicted octanol–water partition coefficient (Wildman–Crippen LogP) is 6.05. The van der Waals surface area contributed by atoms with Gasteiger partial charge in [0.15, 0.2) is 0 Å². The Balaban J connectivity index is 1.85. The van der Waals surface area contributed by atoms with E-state index in [1.165, 1.54) is 41.3 Å². The Morgan fingerprint density at radius 2 is 1.69 bits per heavy atom. The summed E-state index contributed by atoms with van der Waals surface area (Å²) in [6, 6.07) is 14.2. The van der Waals surface area contributed by atoms with Crippen molar-refractivity contribution in [2.45, 2.75) is 43.9 Å². The SMILES string of the molecule is CCC(C)N(Cc1cccc(OS(=O)(=O)c2cccc(C(F)(F)F)c2)c1)C(=O)c1cccc(F)c1. The average Bonchev–Trinajstić information content (AvgIpc) is 2.81. The highest BCUT2D eigenvalue weighted by Gasteiger charge is 2.32. The summed E-state index contributed by atoms with van der Waals surface area (Å²) in [6.45, 7) is 3.79. The first-order valence-corrected chi connectivity index (χ1v) is 12.1. The highest BCUT2D eigenvalue weighted by molar-refractivity contribution is 7.87. The minimum atomic E-state index is -4.71. The molecule has 0 radical (unpaired) electrons. The third-order valence-electron chi connectivity index (χ3n) is 5.36. The van der Waals surface area contributed by atoms with Crippen LogP contribution in [0.15, 0.2) is 77.7 Å². The van der Waals surface area contributed by atoms with Crippen molar-refractivity contribution in [1.29, 1.82) is 0 Å². The summed E-state index contributed by atoms with van der Waals surface area (Å²) in [7, 11) is -4.55. The van der Waals surface area contributed by atoms with Crippen molar-refractivity contribution >= 4 is 16.0 Å². The summed E-state index contributed by atoms with van der Waals surface area (Å²) in [5.74, 6) is -1.07. The molecule has 0 heterocycles. The molecule has 0 fully saturated rings. The highest BCUT2D eigenvalue weighted by atomic mass is 32.2. The number of nitrogens with zero attached hydrogens (tertiary/aromatic N) is 1. The van der Waals surface area contributed by atoms with Crippen molar-refractivity contribution in [3.05, 3.63) is 95.3 Å². The third-order valence-corrected chi connectivity index (χ3v) is 6.61. The van der Waals surface area contributed by atoms with Gasteiger partial charge in [-0.2, -0.15) is 21.6 Å². The van der Waals surface area contributed by atoms with Crippen LogP contribution in [0.25, 0.3) is 0 Å². The van der Waals surface area contributed by atoms with Crippen LogP contribution >= 0.6 is 0 Å². The Morgan fingerprint density at radius 1 is 1.00 bits per heavy atom. The zero-order valence-corrected chi connectivity index (χ0v) is 19.7. The van der Waals surface area contributed by atoms with Gasteiger partial charge < -0.3 is 9.08 Å². The van der Waals surface area contributed by atoms with Crippen molar-refractivity contribution in [1.82, 2.24) is 4.90 Å². The Morgan fingerprint density at radius 3 is 2.34 bits per heavy atom. The van der Waals surface area contributed by atoms with Gasteiger partial charge in [0, 0.05) is 18.2 Å². The first-order valence-electron chi connectivity index (χ1n) is 10.7. The molecule has 1 amide bonds. The van der Waals surface area contributed by atoms with E-state index in [9.17, 15) is 30.8 Å². The summed E-state index contributed by atoms with van der Waals surface area (Å²) in [5, 5.41) is 0. The summed E-state index contributed by atoms with van der Waals surface area (Å²) in [5.41, 5.74) is -0.424. The average molecular weight is 510 g/mol. The van der Waals surface area contributed by atoms with Crippen molar-refractivity contribution in [2.75, 3.05) is 0 Å². The number of alkyl halides is 3. The number of carbonyl (C=O) groups excluding carboxylic acids is 1. The number of halogens is 4. The van der Waals surface area contributed by atoms with Gasteiger partial charge >= 0.3 is 16.3 Å². The zero-order valence-electron chi connectivity index (χ0n) is 18.9. The van der Waals surface area contributed by atoms with Crippen LogP contribution in [0.4, 0.5) is 17.6 Å². The molecule has 35 heavy (non-hydrogen) atoms. The maximum absolute atomic E-state index is 13.6. The molecular weight excluding hydrogens is 486 g/mol. The Hall–Kier alpha value is -3.40.